The zero-order chi connectivity index (χ0) is 9.78. The molecule has 0 atom stereocenters. The zero-order valence-corrected chi connectivity index (χ0v) is 15.5. The van der Waals surface area contributed by atoms with Gasteiger partial charge in [-0.05, 0) is 0 Å². The van der Waals surface area contributed by atoms with Gasteiger partial charge in [0.2, 0.25) is 0 Å². The summed E-state index contributed by atoms with van der Waals surface area (Å²) in [5.41, 5.74) is 0. The average molecular weight is 394 g/mol. The molecule has 0 bridgehead atoms. The quantitative estimate of drug-likeness (QED) is 0.259. The Hall–Kier alpha value is 1.67. The summed E-state index contributed by atoms with van der Waals surface area (Å²) in [4.78, 5) is 0. The molecule has 0 aliphatic carbocycles. The Kier molecular flexibility index (Phi) is 41.9. The maximum absolute atomic E-state index is 2.28. The molecule has 0 aliphatic heterocycles. The average Bonchev–Trinajstić information content (AvgIpc) is 2.16. The summed E-state index contributed by atoms with van der Waals surface area (Å²) in [6.45, 7) is 2.28. The van der Waals surface area contributed by atoms with Crippen LogP contribution in [0.2, 0.25) is 4.44 Å². The van der Waals surface area contributed by atoms with E-state index in [0.717, 1.165) is 0 Å². The van der Waals surface area contributed by atoms with Gasteiger partial charge in [0.05, 0.1) is 0 Å². The summed E-state index contributed by atoms with van der Waals surface area (Å²) in [5.74, 6) is 0. The largest absolute Gasteiger partial charge is 1.00 e. The monoisotopic (exact) mass is 394 g/mol. The van der Waals surface area contributed by atoms with E-state index in [9.17, 15) is 0 Å². The molecule has 4 heteroatoms. The summed E-state index contributed by atoms with van der Waals surface area (Å²) >= 11 is 1.72. The van der Waals surface area contributed by atoms with Crippen LogP contribution in [0.15, 0.2) is 0 Å². The predicted octanol–water partition coefficient (Wildman–Crippen LogP) is -4.49. The van der Waals surface area contributed by atoms with E-state index in [1.165, 1.54) is 68.6 Å². The smallest absolute Gasteiger partial charge is 1.00 e. The van der Waals surface area contributed by atoms with Gasteiger partial charge in [0, 0.05) is 0 Å². The third-order valence-electron chi connectivity index (χ3n) is 2.53. The van der Waals surface area contributed by atoms with E-state index < -0.39 is 0 Å². The minimum atomic E-state index is 0. The fraction of sp³-hybridized carbons (Fsp3) is 1.00. The van der Waals surface area contributed by atoms with Gasteiger partial charge in [-0.2, -0.15) is 0 Å². The Morgan fingerprint density at radius 2 is 0.875 bits per heavy atom. The number of hydrogen-bond acceptors (Lipinski definition) is 0. The van der Waals surface area contributed by atoms with E-state index in [-0.39, 0.29) is 37.2 Å². The summed E-state index contributed by atoms with van der Waals surface area (Å²) in [7, 11) is 0. The summed E-state index contributed by atoms with van der Waals surface area (Å²) in [6.07, 6.45) is 14.7. The van der Waals surface area contributed by atoms with Gasteiger partial charge in [-0.1, -0.05) is 0 Å². The summed E-state index contributed by atoms with van der Waals surface area (Å²) in [6, 6.07) is 0. The first-order chi connectivity index (χ1) is 6.41. The van der Waals surface area contributed by atoms with Gasteiger partial charge < -0.3 is 37.2 Å². The van der Waals surface area contributed by atoms with Gasteiger partial charge >= 0.3 is 98.1 Å². The first-order valence-electron chi connectivity index (χ1n) is 6.06. The Morgan fingerprint density at radius 1 is 0.562 bits per heavy atom. The molecule has 0 aliphatic rings. The van der Waals surface area contributed by atoms with Gasteiger partial charge in [0.25, 0.3) is 0 Å². The van der Waals surface area contributed by atoms with Crippen molar-refractivity contribution in [2.75, 3.05) is 0 Å². The van der Waals surface area contributed by atoms with Crippen molar-refractivity contribution in [2.45, 2.75) is 75.6 Å². The molecule has 0 aromatic carbocycles. The minimum absolute atomic E-state index is 0. The van der Waals surface area contributed by atoms with Crippen molar-refractivity contribution in [3.05, 3.63) is 0 Å². The summed E-state index contributed by atoms with van der Waals surface area (Å²) in [5, 5.41) is 0. The molecule has 0 fully saturated rings. The van der Waals surface area contributed by atoms with E-state index in [1.807, 2.05) is 0 Å². The second-order valence-electron chi connectivity index (χ2n) is 3.93. The van der Waals surface area contributed by atoms with E-state index in [2.05, 4.69) is 6.92 Å². The van der Waals surface area contributed by atoms with Crippen LogP contribution >= 0.6 is 0 Å². The Morgan fingerprint density at radius 3 is 1.19 bits per heavy atom. The van der Waals surface area contributed by atoms with Gasteiger partial charge in [-0.3, -0.25) is 0 Å². The van der Waals surface area contributed by atoms with Crippen LogP contribution in [-0.2, 0) is 0 Å². The number of unbranched alkanes of at least 4 members (excludes halogenated alkanes) is 9. The van der Waals surface area contributed by atoms with E-state index >= 15 is 0 Å². The van der Waals surface area contributed by atoms with Crippen molar-refractivity contribution in [1.82, 2.24) is 0 Å². The van der Waals surface area contributed by atoms with Crippen molar-refractivity contribution in [2.24, 2.45) is 0 Å². The van der Waals surface area contributed by atoms with Crippen molar-refractivity contribution >= 4 is 22.5 Å². The van der Waals surface area contributed by atoms with Crippen LogP contribution in [-0.4, -0.2) is 22.5 Å². The molecule has 0 spiro atoms. The molecule has 98 valence electrons. The molecule has 0 unspecified atom stereocenters. The van der Waals surface area contributed by atoms with Crippen LogP contribution in [0.5, 0.6) is 0 Å². The molecule has 0 aromatic heterocycles. The first-order valence-corrected chi connectivity index (χ1v) is 8.08. The molecule has 0 N–H and O–H groups in total. The van der Waals surface area contributed by atoms with Crippen LogP contribution in [0.4, 0.5) is 0 Å². The maximum atomic E-state index is 2.28. The Bertz CT molecular complexity index is 82.3. The second-order valence-corrected chi connectivity index (χ2v) is 5.36. The molecule has 0 nitrogen and oxygen atoms in total. The predicted molar refractivity (Wildman–Crippen MR) is 62.4 cm³/mol. The number of halogens is 3. The third-order valence-corrected chi connectivity index (χ3v) is 3.54. The molecule has 0 amide bonds. The van der Waals surface area contributed by atoms with Gasteiger partial charge in [-0.15, -0.1) is 0 Å². The Balaban J connectivity index is -0.000000240. The Labute approximate surface area is 134 Å². The normalized spacial score (nSPS) is 8.69. The SMILES string of the molecule is CCCCCCCCCCC[CH2][Sn+3].[Cl-].[Cl-].[Cl-]. The summed E-state index contributed by atoms with van der Waals surface area (Å²) < 4.78 is 1.46. The molecule has 16 heavy (non-hydrogen) atoms. The number of hydrogen-bond donors (Lipinski definition) is 0. The molecular weight excluding hydrogens is 369 g/mol. The second kappa shape index (κ2) is 25.5. The van der Waals surface area contributed by atoms with Crippen molar-refractivity contribution < 1.29 is 37.2 Å². The fourth-order valence-corrected chi connectivity index (χ4v) is 2.33. The molecule has 0 saturated carbocycles. The molecular formula is C12H25Cl3Sn. The fourth-order valence-electron chi connectivity index (χ4n) is 1.61. The van der Waals surface area contributed by atoms with Gasteiger partial charge in [0.1, 0.15) is 0 Å². The molecule has 0 aromatic rings. The van der Waals surface area contributed by atoms with E-state index in [1.54, 1.807) is 22.5 Å². The first kappa shape index (κ1) is 26.3. The van der Waals surface area contributed by atoms with E-state index in [4.69, 9.17) is 0 Å². The minimum Gasteiger partial charge on any atom is -1.00 e. The van der Waals surface area contributed by atoms with Crippen molar-refractivity contribution in [3.63, 3.8) is 0 Å². The third kappa shape index (κ3) is 24.8. The van der Waals surface area contributed by atoms with Crippen molar-refractivity contribution in [3.8, 4) is 0 Å². The standard InChI is InChI=1S/C12H25.3ClH.Sn/c1-3-5-7-9-11-12-10-8-6-4-2;;;;/h1,3-12H2,2H3;3*1H;/q;;;;+3/p-3. The molecule has 0 heterocycles. The topological polar surface area (TPSA) is 0 Å². The molecule has 0 rings (SSSR count). The van der Waals surface area contributed by atoms with Crippen molar-refractivity contribution in [1.29, 1.82) is 0 Å². The zero-order valence-electron chi connectivity index (χ0n) is 10.4. The molecule has 0 radical (unpaired) electrons. The van der Waals surface area contributed by atoms with Gasteiger partial charge in [-0.25, -0.2) is 0 Å². The van der Waals surface area contributed by atoms with Crippen LogP contribution in [0.25, 0.3) is 0 Å². The van der Waals surface area contributed by atoms with E-state index in [0.29, 0.717) is 0 Å². The molecule has 0 saturated heterocycles. The maximum Gasteiger partial charge on any atom is -1.00 e. The van der Waals surface area contributed by atoms with Gasteiger partial charge in [0.15, 0.2) is 0 Å². The van der Waals surface area contributed by atoms with Crippen LogP contribution in [0.3, 0.4) is 0 Å². The number of rotatable bonds is 10. The van der Waals surface area contributed by atoms with Crippen LogP contribution in [0, 0.1) is 0 Å². The van der Waals surface area contributed by atoms with Crippen LogP contribution in [0.1, 0.15) is 71.1 Å². The van der Waals surface area contributed by atoms with Crippen LogP contribution < -0.4 is 37.2 Å².